The summed E-state index contributed by atoms with van der Waals surface area (Å²) in [7, 11) is 0. The summed E-state index contributed by atoms with van der Waals surface area (Å²) in [5.41, 5.74) is 1.18. The molecule has 0 aliphatic carbocycles. The number of alkyl halides is 6. The summed E-state index contributed by atoms with van der Waals surface area (Å²) in [6.45, 7) is 9.15. The maximum absolute atomic E-state index is 10.6. The van der Waals surface area contributed by atoms with E-state index >= 15 is 0 Å². The van der Waals surface area contributed by atoms with Gasteiger partial charge >= 0.3 is 24.3 Å². The number of ether oxygens (including phenoxy) is 2. The van der Waals surface area contributed by atoms with E-state index < -0.39 is 24.3 Å². The van der Waals surface area contributed by atoms with E-state index in [0.717, 1.165) is 58.5 Å². The third-order valence-corrected chi connectivity index (χ3v) is 6.03. The first-order valence-corrected chi connectivity index (χ1v) is 11.4. The van der Waals surface area contributed by atoms with Gasteiger partial charge in [-0.3, -0.25) is 14.8 Å². The average molecular weight is 545 g/mol. The van der Waals surface area contributed by atoms with E-state index in [-0.39, 0.29) is 0 Å². The van der Waals surface area contributed by atoms with Crippen LogP contribution in [0.2, 0.25) is 0 Å². The van der Waals surface area contributed by atoms with Gasteiger partial charge in [0.1, 0.15) is 0 Å². The fourth-order valence-electron chi connectivity index (χ4n) is 4.19. The highest BCUT2D eigenvalue weighted by molar-refractivity contribution is 5.73. The summed E-state index contributed by atoms with van der Waals surface area (Å²) in [4.78, 5) is 27.3. The van der Waals surface area contributed by atoms with Gasteiger partial charge < -0.3 is 19.7 Å². The third-order valence-electron chi connectivity index (χ3n) is 6.03. The minimum Gasteiger partial charge on any atom is -0.475 e. The number of likely N-dealkylation sites (tertiary alicyclic amines) is 1. The quantitative estimate of drug-likeness (QED) is 0.552. The molecule has 9 nitrogen and oxygen atoms in total. The topological polar surface area (TPSA) is 112 Å². The van der Waals surface area contributed by atoms with Crippen LogP contribution in [-0.4, -0.2) is 108 Å². The molecule has 0 aromatic carbocycles. The number of hydrogen-bond donors (Lipinski definition) is 2. The summed E-state index contributed by atoms with van der Waals surface area (Å²) in [6.07, 6.45) is -6.62. The molecule has 15 heteroatoms. The second-order valence-electron chi connectivity index (χ2n) is 8.66. The molecule has 3 fully saturated rings. The molecule has 0 saturated carbocycles. The zero-order valence-corrected chi connectivity index (χ0v) is 19.7. The van der Waals surface area contributed by atoms with Gasteiger partial charge in [0.2, 0.25) is 0 Å². The van der Waals surface area contributed by atoms with Crippen LogP contribution >= 0.6 is 0 Å². The van der Waals surface area contributed by atoms with Crippen molar-refractivity contribution in [2.24, 2.45) is 11.8 Å². The molecule has 0 bridgehead atoms. The minimum atomic E-state index is -5.08. The van der Waals surface area contributed by atoms with Crippen LogP contribution in [0.5, 0.6) is 0 Å². The van der Waals surface area contributed by atoms with Crippen molar-refractivity contribution in [3.63, 3.8) is 0 Å². The lowest BCUT2D eigenvalue weighted by molar-refractivity contribution is -0.193. The zero-order chi connectivity index (χ0) is 27.6. The molecule has 4 heterocycles. The monoisotopic (exact) mass is 545 g/mol. The molecular formula is C22H29F6N3O6. The molecule has 3 aliphatic rings. The van der Waals surface area contributed by atoms with E-state index in [9.17, 15) is 26.3 Å². The van der Waals surface area contributed by atoms with Crippen molar-refractivity contribution in [1.29, 1.82) is 0 Å². The van der Waals surface area contributed by atoms with Gasteiger partial charge in [0.15, 0.2) is 0 Å². The molecule has 1 aromatic heterocycles. The molecular weight excluding hydrogens is 516 g/mol. The Morgan fingerprint density at radius 3 is 2.08 bits per heavy atom. The average Bonchev–Trinajstić information content (AvgIpc) is 3.22. The lowest BCUT2D eigenvalue weighted by Crippen LogP contribution is -2.47. The van der Waals surface area contributed by atoms with Gasteiger partial charge in [0.05, 0.1) is 31.6 Å². The van der Waals surface area contributed by atoms with Gasteiger partial charge in [0, 0.05) is 44.8 Å². The van der Waals surface area contributed by atoms with Crippen molar-refractivity contribution in [3.05, 3.63) is 30.1 Å². The Balaban J connectivity index is 0.000000286. The maximum atomic E-state index is 10.6. The lowest BCUT2D eigenvalue weighted by atomic mass is 9.84. The molecule has 3 aliphatic heterocycles. The Labute approximate surface area is 209 Å². The molecule has 0 amide bonds. The van der Waals surface area contributed by atoms with E-state index in [1.807, 2.05) is 12.3 Å². The molecule has 4 rings (SSSR count). The van der Waals surface area contributed by atoms with Gasteiger partial charge in [-0.15, -0.1) is 0 Å². The largest absolute Gasteiger partial charge is 0.490 e. The second-order valence-corrected chi connectivity index (χ2v) is 8.66. The number of carboxylic acids is 2. The predicted molar refractivity (Wildman–Crippen MR) is 115 cm³/mol. The van der Waals surface area contributed by atoms with E-state index in [2.05, 4.69) is 26.9 Å². The number of nitrogens with zero attached hydrogens (tertiary/aromatic N) is 3. The highest BCUT2D eigenvalue weighted by Gasteiger charge is 2.41. The van der Waals surface area contributed by atoms with Gasteiger partial charge in [-0.2, -0.15) is 26.3 Å². The van der Waals surface area contributed by atoms with Crippen LogP contribution in [0.4, 0.5) is 26.3 Å². The zero-order valence-electron chi connectivity index (χ0n) is 19.7. The number of carbonyl (C=O) groups is 2. The Morgan fingerprint density at radius 1 is 0.973 bits per heavy atom. The molecule has 2 N–H and O–H groups in total. The third kappa shape index (κ3) is 10.8. The van der Waals surface area contributed by atoms with Crippen LogP contribution in [0.1, 0.15) is 12.1 Å². The molecule has 0 unspecified atom stereocenters. The number of fused-ring (bicyclic) bond motifs is 1. The first-order chi connectivity index (χ1) is 17.3. The number of aliphatic carboxylic acids is 2. The van der Waals surface area contributed by atoms with Crippen molar-refractivity contribution in [3.8, 4) is 0 Å². The van der Waals surface area contributed by atoms with Gasteiger partial charge in [-0.1, -0.05) is 6.07 Å². The maximum Gasteiger partial charge on any atom is 0.490 e. The molecule has 210 valence electrons. The molecule has 0 radical (unpaired) electrons. The second kappa shape index (κ2) is 13.9. The molecule has 37 heavy (non-hydrogen) atoms. The van der Waals surface area contributed by atoms with Crippen molar-refractivity contribution < 1.29 is 55.6 Å². The van der Waals surface area contributed by atoms with E-state index in [1.54, 1.807) is 0 Å². The highest BCUT2D eigenvalue weighted by atomic mass is 19.4. The fraction of sp³-hybridized carbons (Fsp3) is 0.682. The standard InChI is InChI=1S/C18H27N3O2.2C2HF3O2/c1-2-5-19-16(3-1)11-21-6-4-15-14-23-18(17(15)12-21)13-20-7-9-22-10-8-20;2*3-2(4,5)1(6)7/h1-3,5,15,17-18H,4,6-14H2;2*(H,6,7)/t15-,17-,18+;;/m0../s1. The molecule has 3 saturated heterocycles. The summed E-state index contributed by atoms with van der Waals surface area (Å²) >= 11 is 0. The number of carboxylic acid groups (broad SMARTS) is 2. The van der Waals surface area contributed by atoms with Crippen molar-refractivity contribution >= 4 is 11.9 Å². The Hall–Kier alpha value is -2.49. The summed E-state index contributed by atoms with van der Waals surface area (Å²) in [5.74, 6) is -4.09. The number of morpholine rings is 1. The van der Waals surface area contributed by atoms with Gasteiger partial charge in [-0.25, -0.2) is 9.59 Å². The minimum absolute atomic E-state index is 0.393. The number of rotatable bonds is 4. The number of pyridine rings is 1. The van der Waals surface area contributed by atoms with E-state index in [4.69, 9.17) is 29.3 Å². The lowest BCUT2D eigenvalue weighted by Gasteiger charge is -2.37. The van der Waals surface area contributed by atoms with E-state index in [0.29, 0.717) is 12.0 Å². The van der Waals surface area contributed by atoms with Crippen LogP contribution in [-0.2, 0) is 25.6 Å². The van der Waals surface area contributed by atoms with Gasteiger partial charge in [-0.05, 0) is 31.0 Å². The Bertz CT molecular complexity index is 828. The Kier molecular flexibility index (Phi) is 11.5. The van der Waals surface area contributed by atoms with Crippen molar-refractivity contribution in [2.45, 2.75) is 31.4 Å². The fourth-order valence-corrected chi connectivity index (χ4v) is 4.19. The molecule has 1 aromatic rings. The van der Waals surface area contributed by atoms with Crippen molar-refractivity contribution in [2.75, 3.05) is 52.5 Å². The van der Waals surface area contributed by atoms with Crippen LogP contribution in [0.3, 0.4) is 0 Å². The first kappa shape index (κ1) is 30.7. The smallest absolute Gasteiger partial charge is 0.475 e. The summed E-state index contributed by atoms with van der Waals surface area (Å²) in [6, 6.07) is 6.19. The molecule has 3 atom stereocenters. The van der Waals surface area contributed by atoms with Gasteiger partial charge in [0.25, 0.3) is 0 Å². The number of piperidine rings is 1. The predicted octanol–water partition coefficient (Wildman–Crippen LogP) is 2.52. The van der Waals surface area contributed by atoms with E-state index in [1.165, 1.54) is 18.7 Å². The number of hydrogen-bond acceptors (Lipinski definition) is 7. The van der Waals surface area contributed by atoms with Crippen molar-refractivity contribution in [1.82, 2.24) is 14.8 Å². The number of aromatic nitrogens is 1. The first-order valence-electron chi connectivity index (χ1n) is 11.4. The SMILES string of the molecule is O=C(O)C(F)(F)F.O=C(O)C(F)(F)F.c1ccc(CN2CC[C@H]3CO[C@H](CN4CCOCC4)[C@H]3C2)nc1. The number of halogens is 6. The molecule has 0 spiro atoms. The summed E-state index contributed by atoms with van der Waals surface area (Å²) < 4.78 is 75.1. The normalized spacial score (nSPS) is 24.6. The van der Waals surface area contributed by atoms with Crippen LogP contribution < -0.4 is 0 Å². The Morgan fingerprint density at radius 2 is 1.57 bits per heavy atom. The van der Waals surface area contributed by atoms with Crippen LogP contribution in [0.25, 0.3) is 0 Å². The van der Waals surface area contributed by atoms with Crippen LogP contribution in [0, 0.1) is 11.8 Å². The van der Waals surface area contributed by atoms with Crippen LogP contribution in [0.15, 0.2) is 24.4 Å². The summed E-state index contributed by atoms with van der Waals surface area (Å²) in [5, 5.41) is 14.2. The highest BCUT2D eigenvalue weighted by Crippen LogP contribution is 2.35.